The summed E-state index contributed by atoms with van der Waals surface area (Å²) in [7, 11) is 0. The molecular weight excluding hydrogens is 232 g/mol. The molecule has 0 saturated carbocycles. The summed E-state index contributed by atoms with van der Waals surface area (Å²) in [4.78, 5) is 10.5. The largest absolute Gasteiger partial charge is 0.475 e. The van der Waals surface area contributed by atoms with Gasteiger partial charge in [0.2, 0.25) is 5.76 Å². The van der Waals surface area contributed by atoms with E-state index in [1.807, 2.05) is 0 Å². The van der Waals surface area contributed by atoms with Crippen LogP contribution in [0.15, 0.2) is 40.9 Å². The van der Waals surface area contributed by atoms with Gasteiger partial charge in [0.25, 0.3) is 0 Å². The summed E-state index contributed by atoms with van der Waals surface area (Å²) >= 11 is 0. The van der Waals surface area contributed by atoms with Crippen LogP contribution in [-0.4, -0.2) is 16.2 Å². The van der Waals surface area contributed by atoms with Crippen LogP contribution in [0.5, 0.6) is 0 Å². The minimum atomic E-state index is -3.38. The molecule has 0 aliphatic carbocycles. The molecule has 1 aromatic heterocycles. The molecule has 1 aromatic carbocycles. The van der Waals surface area contributed by atoms with Crippen molar-refractivity contribution < 1.29 is 23.2 Å². The lowest BCUT2D eigenvalue weighted by atomic mass is 10.1. The van der Waals surface area contributed by atoms with E-state index in [4.69, 9.17) is 5.11 Å². The first-order chi connectivity index (χ1) is 8.01. The quantitative estimate of drug-likeness (QED) is 0.893. The second-order valence-electron chi connectivity index (χ2n) is 3.32. The van der Waals surface area contributed by atoms with Crippen LogP contribution < -0.4 is 0 Å². The number of hydrogen-bond donors (Lipinski definition) is 1. The lowest BCUT2D eigenvalue weighted by Gasteiger charge is -2.12. The van der Waals surface area contributed by atoms with Gasteiger partial charge in [-0.2, -0.15) is 8.78 Å². The zero-order valence-electron chi connectivity index (χ0n) is 8.43. The molecule has 0 bridgehead atoms. The van der Waals surface area contributed by atoms with Crippen molar-refractivity contribution in [2.75, 3.05) is 0 Å². The fraction of sp³-hybridized carbons (Fsp3) is 0.0909. The van der Waals surface area contributed by atoms with E-state index in [0.29, 0.717) is 0 Å². The molecule has 17 heavy (non-hydrogen) atoms. The molecule has 0 fully saturated rings. The maximum absolute atomic E-state index is 13.8. The molecule has 0 spiro atoms. The predicted octanol–water partition coefficient (Wildman–Crippen LogP) is 2.51. The Hall–Kier alpha value is -2.24. The van der Waals surface area contributed by atoms with Crippen LogP contribution in [0.3, 0.4) is 0 Å². The Balaban J connectivity index is 2.41. The number of alkyl halides is 2. The summed E-state index contributed by atoms with van der Waals surface area (Å²) < 4.78 is 32.0. The second-order valence-corrected chi connectivity index (χ2v) is 3.32. The summed E-state index contributed by atoms with van der Waals surface area (Å²) in [5, 5.41) is 11.6. The Kier molecular flexibility index (Phi) is 2.63. The van der Waals surface area contributed by atoms with Gasteiger partial charge in [0.05, 0.1) is 0 Å². The van der Waals surface area contributed by atoms with E-state index in [-0.39, 0.29) is 5.56 Å². The zero-order valence-corrected chi connectivity index (χ0v) is 8.43. The monoisotopic (exact) mass is 239 g/mol. The van der Waals surface area contributed by atoms with Crippen LogP contribution in [0.25, 0.3) is 0 Å². The number of nitrogens with zero attached hydrogens (tertiary/aromatic N) is 1. The fourth-order valence-corrected chi connectivity index (χ4v) is 1.32. The van der Waals surface area contributed by atoms with E-state index >= 15 is 0 Å². The van der Waals surface area contributed by atoms with E-state index in [1.165, 1.54) is 24.3 Å². The van der Waals surface area contributed by atoms with Gasteiger partial charge in [0, 0.05) is 11.6 Å². The van der Waals surface area contributed by atoms with Crippen molar-refractivity contribution in [3.63, 3.8) is 0 Å². The normalized spacial score (nSPS) is 11.4. The molecular formula is C11H7F2NO3. The van der Waals surface area contributed by atoms with Gasteiger partial charge in [0.1, 0.15) is 0 Å². The number of rotatable bonds is 3. The minimum Gasteiger partial charge on any atom is -0.475 e. The first-order valence-corrected chi connectivity index (χ1v) is 4.65. The molecule has 88 valence electrons. The molecule has 0 saturated heterocycles. The standard InChI is InChI=1S/C11H7F2NO3/c12-11(13,7-4-2-1-3-5-7)9-6-8(10(15)16)17-14-9/h1-6H,(H,15,16). The molecule has 0 unspecified atom stereocenters. The van der Waals surface area contributed by atoms with E-state index in [9.17, 15) is 13.6 Å². The fourth-order valence-electron chi connectivity index (χ4n) is 1.32. The SMILES string of the molecule is O=C(O)c1cc(C(F)(F)c2ccccc2)no1. The Labute approximate surface area is 94.5 Å². The number of carboxylic acid groups (broad SMARTS) is 1. The van der Waals surface area contributed by atoms with Crippen LogP contribution in [-0.2, 0) is 5.92 Å². The van der Waals surface area contributed by atoms with Gasteiger partial charge in [-0.05, 0) is 0 Å². The maximum Gasteiger partial charge on any atom is 0.374 e. The highest BCUT2D eigenvalue weighted by atomic mass is 19.3. The van der Waals surface area contributed by atoms with Gasteiger partial charge in [0.15, 0.2) is 5.69 Å². The molecule has 2 rings (SSSR count). The summed E-state index contributed by atoms with van der Waals surface area (Å²) in [6.45, 7) is 0. The smallest absolute Gasteiger partial charge is 0.374 e. The van der Waals surface area contributed by atoms with Gasteiger partial charge in [-0.1, -0.05) is 35.5 Å². The molecule has 0 atom stereocenters. The van der Waals surface area contributed by atoms with Gasteiger partial charge >= 0.3 is 11.9 Å². The highest BCUT2D eigenvalue weighted by molar-refractivity contribution is 5.84. The number of halogens is 2. The average molecular weight is 239 g/mol. The van der Waals surface area contributed by atoms with Crippen molar-refractivity contribution in [1.82, 2.24) is 5.16 Å². The van der Waals surface area contributed by atoms with Crippen LogP contribution in [0.1, 0.15) is 21.8 Å². The Bertz CT molecular complexity index is 537. The van der Waals surface area contributed by atoms with Crippen LogP contribution in [0.4, 0.5) is 8.78 Å². The van der Waals surface area contributed by atoms with E-state index in [1.54, 1.807) is 6.07 Å². The third-order valence-corrected chi connectivity index (χ3v) is 2.18. The molecule has 6 heteroatoms. The third kappa shape index (κ3) is 2.01. The average Bonchev–Trinajstić information content (AvgIpc) is 2.80. The molecule has 1 heterocycles. The molecule has 0 radical (unpaired) electrons. The summed E-state index contributed by atoms with van der Waals surface area (Å²) in [6.07, 6.45) is 0. The number of aromatic nitrogens is 1. The molecule has 0 amide bonds. The number of carboxylic acids is 1. The lowest BCUT2D eigenvalue weighted by Crippen LogP contribution is -2.15. The summed E-state index contributed by atoms with van der Waals surface area (Å²) in [5.41, 5.74) is -0.994. The van der Waals surface area contributed by atoms with Crippen LogP contribution >= 0.6 is 0 Å². The Morgan fingerprint density at radius 2 is 1.94 bits per heavy atom. The number of benzene rings is 1. The van der Waals surface area contributed by atoms with Gasteiger partial charge in [-0.15, -0.1) is 0 Å². The topological polar surface area (TPSA) is 63.3 Å². The van der Waals surface area contributed by atoms with Gasteiger partial charge in [-0.25, -0.2) is 4.79 Å². The van der Waals surface area contributed by atoms with Crippen molar-refractivity contribution in [3.05, 3.63) is 53.4 Å². The Morgan fingerprint density at radius 3 is 2.47 bits per heavy atom. The van der Waals surface area contributed by atoms with Crippen molar-refractivity contribution >= 4 is 5.97 Å². The number of hydrogen-bond acceptors (Lipinski definition) is 3. The third-order valence-electron chi connectivity index (χ3n) is 2.18. The first-order valence-electron chi connectivity index (χ1n) is 4.65. The van der Waals surface area contributed by atoms with Crippen LogP contribution in [0.2, 0.25) is 0 Å². The molecule has 4 nitrogen and oxygen atoms in total. The zero-order chi connectivity index (χ0) is 12.5. The van der Waals surface area contributed by atoms with Gasteiger partial charge in [-0.3, -0.25) is 0 Å². The van der Waals surface area contributed by atoms with Crippen molar-refractivity contribution in [2.45, 2.75) is 5.92 Å². The lowest BCUT2D eigenvalue weighted by molar-refractivity contribution is 0.0343. The molecule has 0 aliphatic heterocycles. The van der Waals surface area contributed by atoms with Gasteiger partial charge < -0.3 is 9.63 Å². The van der Waals surface area contributed by atoms with Crippen LogP contribution in [0, 0.1) is 0 Å². The predicted molar refractivity (Wildman–Crippen MR) is 52.9 cm³/mol. The van der Waals surface area contributed by atoms with E-state index < -0.39 is 23.3 Å². The molecule has 2 aromatic rings. The number of aromatic carboxylic acids is 1. The number of carbonyl (C=O) groups is 1. The van der Waals surface area contributed by atoms with Crippen molar-refractivity contribution in [2.24, 2.45) is 0 Å². The highest BCUT2D eigenvalue weighted by Crippen LogP contribution is 2.34. The second kappa shape index (κ2) is 3.97. The highest BCUT2D eigenvalue weighted by Gasteiger charge is 2.38. The minimum absolute atomic E-state index is 0.273. The summed E-state index contributed by atoms with van der Waals surface area (Å²) in [5.74, 6) is -5.43. The molecule has 0 aliphatic rings. The maximum atomic E-state index is 13.8. The molecule has 1 N–H and O–H groups in total. The van der Waals surface area contributed by atoms with Crippen molar-refractivity contribution in [3.8, 4) is 0 Å². The van der Waals surface area contributed by atoms with E-state index in [2.05, 4.69) is 9.68 Å². The first kappa shape index (κ1) is 11.3. The van der Waals surface area contributed by atoms with Crippen molar-refractivity contribution in [1.29, 1.82) is 0 Å². The van der Waals surface area contributed by atoms with E-state index in [0.717, 1.165) is 6.07 Å². The summed E-state index contributed by atoms with van der Waals surface area (Å²) in [6, 6.07) is 7.70. The Morgan fingerprint density at radius 1 is 1.29 bits per heavy atom.